The van der Waals surface area contributed by atoms with E-state index in [-0.39, 0.29) is 18.3 Å². The molecule has 1 aromatic carbocycles. The van der Waals surface area contributed by atoms with E-state index in [9.17, 15) is 9.18 Å². The molecule has 1 aliphatic carbocycles. The summed E-state index contributed by atoms with van der Waals surface area (Å²) in [6.45, 7) is 2.99. The third-order valence-electron chi connectivity index (χ3n) is 3.13. The summed E-state index contributed by atoms with van der Waals surface area (Å²) in [5.74, 6) is -0.480. The lowest BCUT2D eigenvalue weighted by Gasteiger charge is -2.13. The molecular formula is C15H21FN2O2. The summed E-state index contributed by atoms with van der Waals surface area (Å²) in [5.41, 5.74) is 0.750. The molecule has 1 amide bonds. The zero-order valence-electron chi connectivity index (χ0n) is 11.7. The highest BCUT2D eigenvalue weighted by Crippen LogP contribution is 2.25. The van der Waals surface area contributed by atoms with Gasteiger partial charge in [-0.25, -0.2) is 4.39 Å². The summed E-state index contributed by atoms with van der Waals surface area (Å²) in [5, 5.41) is 6.01. The van der Waals surface area contributed by atoms with Crippen molar-refractivity contribution in [2.45, 2.75) is 38.8 Å². The Kier molecular flexibility index (Phi) is 5.35. The van der Waals surface area contributed by atoms with Gasteiger partial charge in [0, 0.05) is 24.7 Å². The fourth-order valence-electron chi connectivity index (χ4n) is 1.85. The van der Waals surface area contributed by atoms with E-state index < -0.39 is 5.82 Å². The van der Waals surface area contributed by atoms with Crippen molar-refractivity contribution in [2.75, 3.05) is 13.2 Å². The van der Waals surface area contributed by atoms with E-state index in [4.69, 9.17) is 4.74 Å². The number of rotatable bonds is 8. The first-order valence-corrected chi connectivity index (χ1v) is 7.11. The van der Waals surface area contributed by atoms with Crippen LogP contribution in [0, 0.1) is 5.82 Å². The zero-order valence-corrected chi connectivity index (χ0v) is 11.7. The number of halogens is 1. The average molecular weight is 280 g/mol. The van der Waals surface area contributed by atoms with Crippen LogP contribution in [0.4, 0.5) is 4.39 Å². The normalized spacial score (nSPS) is 14.1. The quantitative estimate of drug-likeness (QED) is 0.765. The molecular weight excluding hydrogens is 259 g/mol. The van der Waals surface area contributed by atoms with E-state index in [1.807, 2.05) is 13.0 Å². The lowest BCUT2D eigenvalue weighted by molar-refractivity contribution is -0.123. The summed E-state index contributed by atoms with van der Waals surface area (Å²) in [7, 11) is 0. The van der Waals surface area contributed by atoms with Crippen LogP contribution in [-0.4, -0.2) is 25.1 Å². The number of hydrogen-bond donors (Lipinski definition) is 2. The first-order valence-electron chi connectivity index (χ1n) is 7.11. The number of para-hydroxylation sites is 1. The number of carbonyl (C=O) groups excluding carboxylic acids is 1. The summed E-state index contributed by atoms with van der Waals surface area (Å²) >= 11 is 0. The van der Waals surface area contributed by atoms with Crippen molar-refractivity contribution in [1.82, 2.24) is 10.6 Å². The second-order valence-electron chi connectivity index (χ2n) is 5.02. The van der Waals surface area contributed by atoms with Crippen molar-refractivity contribution in [3.05, 3.63) is 29.6 Å². The minimum Gasteiger partial charge on any atom is -0.480 e. The molecule has 0 aliphatic heterocycles. The Morgan fingerprint density at radius 2 is 2.25 bits per heavy atom. The van der Waals surface area contributed by atoms with Crippen LogP contribution in [0.1, 0.15) is 31.7 Å². The van der Waals surface area contributed by atoms with Crippen molar-refractivity contribution in [3.8, 4) is 5.75 Å². The minimum atomic E-state index is -0.427. The fourth-order valence-corrected chi connectivity index (χ4v) is 1.85. The van der Waals surface area contributed by atoms with E-state index in [2.05, 4.69) is 10.6 Å². The van der Waals surface area contributed by atoms with Gasteiger partial charge in [-0.05, 0) is 25.3 Å². The molecule has 1 saturated carbocycles. The first kappa shape index (κ1) is 14.8. The minimum absolute atomic E-state index is 0.155. The van der Waals surface area contributed by atoms with E-state index in [1.54, 1.807) is 6.07 Å². The van der Waals surface area contributed by atoms with Crippen LogP contribution in [-0.2, 0) is 11.3 Å². The molecule has 4 nitrogen and oxygen atoms in total. The van der Waals surface area contributed by atoms with Crippen molar-refractivity contribution >= 4 is 5.91 Å². The third kappa shape index (κ3) is 4.49. The van der Waals surface area contributed by atoms with Gasteiger partial charge in [-0.1, -0.05) is 19.1 Å². The predicted molar refractivity (Wildman–Crippen MR) is 75.1 cm³/mol. The Hall–Kier alpha value is -1.62. The fraction of sp³-hybridized carbons (Fsp3) is 0.533. The molecule has 1 aromatic rings. The van der Waals surface area contributed by atoms with Gasteiger partial charge in [-0.3, -0.25) is 4.79 Å². The molecule has 0 spiro atoms. The number of nitrogens with one attached hydrogen (secondary N) is 2. The van der Waals surface area contributed by atoms with Gasteiger partial charge in [-0.15, -0.1) is 0 Å². The molecule has 0 heterocycles. The lowest BCUT2D eigenvalue weighted by atomic mass is 10.2. The molecule has 0 bridgehead atoms. The van der Waals surface area contributed by atoms with Gasteiger partial charge in [0.2, 0.25) is 0 Å². The Balaban J connectivity index is 1.92. The second-order valence-corrected chi connectivity index (χ2v) is 5.02. The van der Waals surface area contributed by atoms with Crippen LogP contribution in [0.3, 0.4) is 0 Å². The standard InChI is InChI=1S/C15H21FN2O2/c1-2-8-17-14(19)10-20-15-11(4-3-5-13(15)16)9-18-12-6-7-12/h3-5,12,18H,2,6-10H2,1H3,(H,17,19). The van der Waals surface area contributed by atoms with Gasteiger partial charge < -0.3 is 15.4 Å². The van der Waals surface area contributed by atoms with Crippen molar-refractivity contribution < 1.29 is 13.9 Å². The van der Waals surface area contributed by atoms with Gasteiger partial charge in [0.1, 0.15) is 0 Å². The Bertz CT molecular complexity index is 461. The highest BCUT2D eigenvalue weighted by molar-refractivity contribution is 5.77. The van der Waals surface area contributed by atoms with Crippen LogP contribution in [0.2, 0.25) is 0 Å². The first-order chi connectivity index (χ1) is 9.70. The molecule has 2 rings (SSSR count). The Morgan fingerprint density at radius 3 is 2.95 bits per heavy atom. The molecule has 110 valence electrons. The van der Waals surface area contributed by atoms with E-state index >= 15 is 0 Å². The van der Waals surface area contributed by atoms with Crippen molar-refractivity contribution in [1.29, 1.82) is 0 Å². The lowest BCUT2D eigenvalue weighted by Crippen LogP contribution is -2.29. The number of hydrogen-bond acceptors (Lipinski definition) is 3. The summed E-state index contributed by atoms with van der Waals surface area (Å²) < 4.78 is 19.2. The number of carbonyl (C=O) groups is 1. The average Bonchev–Trinajstić information content (AvgIpc) is 3.26. The molecule has 0 unspecified atom stereocenters. The van der Waals surface area contributed by atoms with Gasteiger partial charge >= 0.3 is 0 Å². The molecule has 0 atom stereocenters. The van der Waals surface area contributed by atoms with Gasteiger partial charge in [0.05, 0.1) is 0 Å². The van der Waals surface area contributed by atoms with Crippen molar-refractivity contribution in [3.63, 3.8) is 0 Å². The van der Waals surface area contributed by atoms with Crippen LogP contribution in [0.25, 0.3) is 0 Å². The Morgan fingerprint density at radius 1 is 1.45 bits per heavy atom. The number of benzene rings is 1. The smallest absolute Gasteiger partial charge is 0.257 e. The molecule has 20 heavy (non-hydrogen) atoms. The molecule has 1 fully saturated rings. The largest absolute Gasteiger partial charge is 0.480 e. The van der Waals surface area contributed by atoms with Crippen molar-refractivity contribution in [2.24, 2.45) is 0 Å². The molecule has 0 radical (unpaired) electrons. The monoisotopic (exact) mass is 280 g/mol. The molecule has 1 aliphatic rings. The highest BCUT2D eigenvalue weighted by Gasteiger charge is 2.21. The van der Waals surface area contributed by atoms with Crippen LogP contribution in [0.5, 0.6) is 5.75 Å². The maximum atomic E-state index is 13.8. The summed E-state index contributed by atoms with van der Waals surface area (Å²) in [6.07, 6.45) is 3.21. The van der Waals surface area contributed by atoms with Crippen LogP contribution >= 0.6 is 0 Å². The van der Waals surface area contributed by atoms with E-state index in [0.29, 0.717) is 19.1 Å². The number of amides is 1. The molecule has 2 N–H and O–H groups in total. The van der Waals surface area contributed by atoms with Gasteiger partial charge in [0.25, 0.3) is 5.91 Å². The maximum Gasteiger partial charge on any atom is 0.257 e. The molecule has 0 saturated heterocycles. The summed E-state index contributed by atoms with van der Waals surface area (Å²) in [6, 6.07) is 5.36. The predicted octanol–water partition coefficient (Wildman–Crippen LogP) is 1.98. The molecule has 0 aromatic heterocycles. The van der Waals surface area contributed by atoms with Gasteiger partial charge in [0.15, 0.2) is 18.2 Å². The highest BCUT2D eigenvalue weighted by atomic mass is 19.1. The number of ether oxygens (including phenoxy) is 1. The van der Waals surface area contributed by atoms with E-state index in [1.165, 1.54) is 18.9 Å². The van der Waals surface area contributed by atoms with Gasteiger partial charge in [-0.2, -0.15) is 0 Å². The second kappa shape index (κ2) is 7.24. The third-order valence-corrected chi connectivity index (χ3v) is 3.13. The summed E-state index contributed by atoms with van der Waals surface area (Å²) in [4.78, 5) is 11.5. The molecule has 5 heteroatoms. The van der Waals surface area contributed by atoms with E-state index in [0.717, 1.165) is 12.0 Å². The Labute approximate surface area is 118 Å². The zero-order chi connectivity index (χ0) is 14.4. The SMILES string of the molecule is CCCNC(=O)COc1c(F)cccc1CNC1CC1. The van der Waals surface area contributed by atoms with Crippen LogP contribution < -0.4 is 15.4 Å². The van der Waals surface area contributed by atoms with Crippen LogP contribution in [0.15, 0.2) is 18.2 Å². The topological polar surface area (TPSA) is 50.4 Å². The maximum absolute atomic E-state index is 13.8.